The number of ketones is 1. The first kappa shape index (κ1) is 21.4. The Balaban J connectivity index is 1.82. The zero-order chi connectivity index (χ0) is 22.7. The van der Waals surface area contributed by atoms with E-state index in [1.54, 1.807) is 36.4 Å². The predicted octanol–water partition coefficient (Wildman–Crippen LogP) is 4.75. The lowest BCUT2D eigenvalue weighted by Crippen LogP contribution is -2.29. The van der Waals surface area contributed by atoms with E-state index in [1.807, 2.05) is 30.3 Å². The number of hydrogen-bond acceptors (Lipinski definition) is 5. The highest BCUT2D eigenvalue weighted by Gasteiger charge is 2.46. The van der Waals surface area contributed by atoms with Gasteiger partial charge in [0.25, 0.3) is 11.7 Å². The van der Waals surface area contributed by atoms with Crippen molar-refractivity contribution < 1.29 is 19.1 Å². The number of benzene rings is 2. The zero-order valence-corrected chi connectivity index (χ0v) is 18.2. The van der Waals surface area contributed by atoms with Crippen molar-refractivity contribution in [2.24, 2.45) is 0 Å². The summed E-state index contributed by atoms with van der Waals surface area (Å²) in [5, 5.41) is 11.1. The Bertz CT molecular complexity index is 1110. The molecule has 1 aliphatic rings. The fourth-order valence-electron chi connectivity index (χ4n) is 4.17. The molecular weight excluding hydrogens is 404 g/mol. The van der Waals surface area contributed by atoms with Crippen molar-refractivity contribution in [3.05, 3.63) is 95.5 Å². The Kier molecular flexibility index (Phi) is 6.12. The maximum absolute atomic E-state index is 13.1. The van der Waals surface area contributed by atoms with E-state index in [9.17, 15) is 14.7 Å². The molecule has 1 aromatic heterocycles. The van der Waals surface area contributed by atoms with Crippen LogP contribution in [0.2, 0.25) is 0 Å². The van der Waals surface area contributed by atoms with Crippen molar-refractivity contribution in [3.63, 3.8) is 0 Å². The summed E-state index contributed by atoms with van der Waals surface area (Å²) in [7, 11) is 0. The Morgan fingerprint density at radius 1 is 0.969 bits per heavy atom. The molecule has 0 spiro atoms. The molecule has 164 valence electrons. The van der Waals surface area contributed by atoms with Crippen LogP contribution < -0.4 is 4.90 Å². The average molecular weight is 431 g/mol. The third-order valence-corrected chi connectivity index (χ3v) is 5.83. The van der Waals surface area contributed by atoms with E-state index in [1.165, 1.54) is 11.2 Å². The minimum absolute atomic E-state index is 0.0864. The number of hydrogen-bond donors (Lipinski definition) is 1. The lowest BCUT2D eigenvalue weighted by Gasteiger charge is -2.26. The molecule has 1 fully saturated rings. The number of aliphatic hydroxyl groups is 1. The lowest BCUT2D eigenvalue weighted by atomic mass is 9.95. The van der Waals surface area contributed by atoms with E-state index in [-0.39, 0.29) is 17.9 Å². The van der Waals surface area contributed by atoms with Gasteiger partial charge in [0, 0.05) is 24.3 Å². The number of furan rings is 1. The second kappa shape index (κ2) is 9.14. The summed E-state index contributed by atoms with van der Waals surface area (Å²) in [5.41, 5.74) is 2.39. The van der Waals surface area contributed by atoms with E-state index in [4.69, 9.17) is 4.42 Å². The van der Waals surface area contributed by atoms with Gasteiger partial charge in [0.1, 0.15) is 11.5 Å². The Hall–Kier alpha value is -3.80. The maximum Gasteiger partial charge on any atom is 0.296 e. The van der Waals surface area contributed by atoms with Crippen molar-refractivity contribution in [3.8, 4) is 0 Å². The van der Waals surface area contributed by atoms with Crippen LogP contribution in [0.1, 0.15) is 36.8 Å². The molecule has 3 aromatic rings. The molecule has 0 radical (unpaired) electrons. The average Bonchev–Trinajstić information content (AvgIpc) is 3.43. The second-order valence-corrected chi connectivity index (χ2v) is 7.64. The first-order chi connectivity index (χ1) is 15.5. The molecule has 4 rings (SSSR count). The third kappa shape index (κ3) is 3.91. The SMILES string of the molecule is CCN(CC)c1ccc(C2C(=C(O)c3ccccc3)C(=O)C(=O)N2Cc2ccco2)cc1. The van der Waals surface area contributed by atoms with Crippen LogP contribution in [0.15, 0.2) is 83.0 Å². The molecule has 32 heavy (non-hydrogen) atoms. The van der Waals surface area contributed by atoms with Crippen LogP contribution >= 0.6 is 0 Å². The summed E-state index contributed by atoms with van der Waals surface area (Å²) in [4.78, 5) is 29.7. The first-order valence-corrected chi connectivity index (χ1v) is 10.8. The number of anilines is 1. The van der Waals surface area contributed by atoms with Crippen LogP contribution in [0, 0.1) is 0 Å². The quantitative estimate of drug-likeness (QED) is 0.333. The van der Waals surface area contributed by atoms with Gasteiger partial charge in [0.05, 0.1) is 24.4 Å². The number of carbonyl (C=O) groups excluding carboxylic acids is 2. The normalized spacial score (nSPS) is 17.7. The summed E-state index contributed by atoms with van der Waals surface area (Å²) >= 11 is 0. The van der Waals surface area contributed by atoms with Gasteiger partial charge in [-0.3, -0.25) is 9.59 Å². The lowest BCUT2D eigenvalue weighted by molar-refractivity contribution is -0.140. The zero-order valence-electron chi connectivity index (χ0n) is 18.2. The molecule has 1 aliphatic heterocycles. The molecule has 1 N–H and O–H groups in total. The molecule has 1 unspecified atom stereocenters. The molecule has 2 aromatic carbocycles. The second-order valence-electron chi connectivity index (χ2n) is 7.64. The van der Waals surface area contributed by atoms with Crippen LogP contribution in [0.5, 0.6) is 0 Å². The number of likely N-dealkylation sites (tertiary alicyclic amines) is 1. The van der Waals surface area contributed by atoms with E-state index >= 15 is 0 Å². The van der Waals surface area contributed by atoms with Crippen molar-refractivity contribution in [2.45, 2.75) is 26.4 Å². The van der Waals surface area contributed by atoms with Crippen molar-refractivity contribution in [2.75, 3.05) is 18.0 Å². The van der Waals surface area contributed by atoms with Gasteiger partial charge < -0.3 is 19.3 Å². The van der Waals surface area contributed by atoms with Crippen LogP contribution in [0.3, 0.4) is 0 Å². The Labute approximate surface area is 187 Å². The number of rotatable bonds is 7. The van der Waals surface area contributed by atoms with E-state index in [0.29, 0.717) is 11.3 Å². The van der Waals surface area contributed by atoms with Gasteiger partial charge in [0.2, 0.25) is 0 Å². The van der Waals surface area contributed by atoms with Gasteiger partial charge in [-0.15, -0.1) is 0 Å². The van der Waals surface area contributed by atoms with Crippen LogP contribution in [0.25, 0.3) is 5.76 Å². The number of carbonyl (C=O) groups is 2. The summed E-state index contributed by atoms with van der Waals surface area (Å²) in [6.45, 7) is 6.07. The first-order valence-electron chi connectivity index (χ1n) is 10.8. The van der Waals surface area contributed by atoms with Gasteiger partial charge in [-0.25, -0.2) is 0 Å². The molecule has 0 saturated carbocycles. The van der Waals surface area contributed by atoms with Crippen molar-refractivity contribution in [1.82, 2.24) is 4.90 Å². The highest BCUT2D eigenvalue weighted by molar-refractivity contribution is 6.46. The van der Waals surface area contributed by atoms with Crippen LogP contribution in [0.4, 0.5) is 5.69 Å². The van der Waals surface area contributed by atoms with E-state index < -0.39 is 17.7 Å². The number of Topliss-reactive ketones (excluding diaryl/α,β-unsaturated/α-hetero) is 1. The van der Waals surface area contributed by atoms with Gasteiger partial charge in [-0.05, 0) is 43.7 Å². The van der Waals surface area contributed by atoms with Gasteiger partial charge in [0.15, 0.2) is 0 Å². The van der Waals surface area contributed by atoms with Gasteiger partial charge >= 0.3 is 0 Å². The monoisotopic (exact) mass is 430 g/mol. The molecule has 6 nitrogen and oxygen atoms in total. The minimum atomic E-state index is -0.717. The molecule has 6 heteroatoms. The largest absolute Gasteiger partial charge is 0.507 e. The highest BCUT2D eigenvalue weighted by Crippen LogP contribution is 2.40. The fourth-order valence-corrected chi connectivity index (χ4v) is 4.17. The Morgan fingerprint density at radius 2 is 1.66 bits per heavy atom. The van der Waals surface area contributed by atoms with Crippen molar-refractivity contribution >= 4 is 23.1 Å². The van der Waals surface area contributed by atoms with Crippen molar-refractivity contribution in [1.29, 1.82) is 0 Å². The van der Waals surface area contributed by atoms with Crippen LogP contribution in [-0.2, 0) is 16.1 Å². The number of aliphatic hydroxyl groups excluding tert-OH is 1. The molecular formula is C26H26N2O4. The fraction of sp³-hybridized carbons (Fsp3) is 0.231. The van der Waals surface area contributed by atoms with Gasteiger partial charge in [-0.2, -0.15) is 0 Å². The van der Waals surface area contributed by atoms with E-state index in [0.717, 1.165) is 24.3 Å². The van der Waals surface area contributed by atoms with E-state index in [2.05, 4.69) is 18.7 Å². The summed E-state index contributed by atoms with van der Waals surface area (Å²) in [5.74, 6) is -0.965. The molecule has 0 bridgehead atoms. The summed E-state index contributed by atoms with van der Waals surface area (Å²) < 4.78 is 5.43. The highest BCUT2D eigenvalue weighted by atomic mass is 16.3. The third-order valence-electron chi connectivity index (χ3n) is 5.83. The molecule has 1 saturated heterocycles. The minimum Gasteiger partial charge on any atom is -0.507 e. The smallest absolute Gasteiger partial charge is 0.296 e. The standard InChI is InChI=1S/C26H26N2O4/c1-3-27(4-2)20-14-12-18(13-15-20)23-22(24(29)19-9-6-5-7-10-19)25(30)26(31)28(23)17-21-11-8-16-32-21/h5-16,23,29H,3-4,17H2,1-2H3. The molecule has 1 atom stereocenters. The topological polar surface area (TPSA) is 74.0 Å². The Morgan fingerprint density at radius 3 is 2.25 bits per heavy atom. The molecule has 2 heterocycles. The maximum atomic E-state index is 13.1. The summed E-state index contributed by atoms with van der Waals surface area (Å²) in [6, 6.07) is 19.4. The predicted molar refractivity (Wildman–Crippen MR) is 123 cm³/mol. The number of amides is 1. The van der Waals surface area contributed by atoms with Gasteiger partial charge in [-0.1, -0.05) is 42.5 Å². The van der Waals surface area contributed by atoms with Crippen LogP contribution in [-0.4, -0.2) is 34.8 Å². The molecule has 1 amide bonds. The molecule has 0 aliphatic carbocycles. The summed E-state index contributed by atoms with van der Waals surface area (Å²) in [6.07, 6.45) is 1.53. The number of nitrogens with zero attached hydrogens (tertiary/aromatic N) is 2.